The van der Waals surface area contributed by atoms with Crippen LogP contribution in [0.4, 0.5) is 44.6 Å². The summed E-state index contributed by atoms with van der Waals surface area (Å²) in [6, 6.07) is 28.5. The number of rotatable bonds is 13. The molecule has 5 aromatic rings. The molecule has 1 aromatic heterocycles. The lowest BCUT2D eigenvalue weighted by atomic mass is 9.95. The summed E-state index contributed by atoms with van der Waals surface area (Å²) in [5.41, 5.74) is 4.65. The van der Waals surface area contributed by atoms with Gasteiger partial charge in [-0.3, -0.25) is 24.5 Å². The van der Waals surface area contributed by atoms with Gasteiger partial charge >= 0.3 is 0 Å². The third-order valence-corrected chi connectivity index (χ3v) is 12.5. The summed E-state index contributed by atoms with van der Waals surface area (Å²) in [6.45, 7) is 5.08. The largest absolute Gasteiger partial charge is 0.374 e. The summed E-state index contributed by atoms with van der Waals surface area (Å²) in [6.07, 6.45) is 4.17. The van der Waals surface area contributed by atoms with Crippen molar-refractivity contribution in [1.29, 1.82) is 0 Å². The van der Waals surface area contributed by atoms with Crippen LogP contribution in [0.5, 0.6) is 0 Å². The van der Waals surface area contributed by atoms with Gasteiger partial charge in [-0.25, -0.2) is 9.37 Å². The van der Waals surface area contributed by atoms with Crippen molar-refractivity contribution >= 4 is 75.4 Å². The van der Waals surface area contributed by atoms with Gasteiger partial charge in [-0.2, -0.15) is 4.98 Å². The van der Waals surface area contributed by atoms with Crippen molar-refractivity contribution in [2.24, 2.45) is 17.8 Å². The molecule has 0 spiro atoms. The topological polar surface area (TPSA) is 173 Å². The minimum atomic E-state index is -0.652. The number of nitrogens with one attached hydrogen (secondary N) is 6. The van der Waals surface area contributed by atoms with E-state index < -0.39 is 11.9 Å². The molecule has 6 N–H and O–H groups in total. The fraction of sp³-hybridized carbons (Fsp3) is 0.304. The number of anilines is 7. The first-order valence-corrected chi connectivity index (χ1v) is 21.3. The molecule has 4 atom stereocenters. The molecule has 2 unspecified atom stereocenters. The summed E-state index contributed by atoms with van der Waals surface area (Å²) >= 11 is 6.15. The summed E-state index contributed by atoms with van der Waals surface area (Å²) in [7, 11) is 0. The molecule has 0 bridgehead atoms. The molecule has 4 aliphatic rings. The molecule has 4 amide bonds. The maximum absolute atomic E-state index is 14.7. The van der Waals surface area contributed by atoms with Gasteiger partial charge < -0.3 is 36.4 Å². The van der Waals surface area contributed by atoms with Crippen molar-refractivity contribution in [3.05, 3.63) is 125 Å². The van der Waals surface area contributed by atoms with Crippen LogP contribution in [-0.2, 0) is 9.59 Å². The number of imide groups is 1. The Labute approximate surface area is 363 Å². The number of aromatic nitrogens is 2. The zero-order chi connectivity index (χ0) is 42.7. The van der Waals surface area contributed by atoms with E-state index in [1.165, 1.54) is 5.69 Å². The van der Waals surface area contributed by atoms with E-state index in [1.54, 1.807) is 72.8 Å². The molecular formula is C46H46ClFN10O4. The number of hydrogen-bond donors (Lipinski definition) is 6. The molecule has 1 aliphatic carbocycles. The molecular weight excluding hydrogens is 811 g/mol. The quantitative estimate of drug-likeness (QED) is 0.0688. The number of likely N-dealkylation sites (tertiary alicyclic amines) is 1. The lowest BCUT2D eigenvalue weighted by molar-refractivity contribution is -0.133. The SMILES string of the molecule is O=C1CCC(Nc2ccc(N3CCC(CN4C[C@@H]5C(NC(=O)c6ccc(Nc7ncc(F)c(Nc8ccc(C(=O)Nc9ccccc9Cl)cc8)n7)cc6)[C@@H]5C4)CC3)cc2)C(=O)N1. The van der Waals surface area contributed by atoms with Crippen LogP contribution >= 0.6 is 11.6 Å². The average Bonchev–Trinajstić information content (AvgIpc) is 3.71. The predicted octanol–water partition coefficient (Wildman–Crippen LogP) is 6.80. The highest BCUT2D eigenvalue weighted by Gasteiger charge is 2.56. The second-order valence-corrected chi connectivity index (χ2v) is 16.8. The Morgan fingerprint density at radius 3 is 2.11 bits per heavy atom. The molecule has 3 aliphatic heterocycles. The normalized spacial score (nSPS) is 21.1. The number of amides is 4. The molecule has 16 heteroatoms. The van der Waals surface area contributed by atoms with E-state index in [9.17, 15) is 23.6 Å². The van der Waals surface area contributed by atoms with Crippen molar-refractivity contribution in [2.75, 3.05) is 58.9 Å². The molecule has 3 saturated heterocycles. The number of benzene rings is 4. The van der Waals surface area contributed by atoms with Gasteiger partial charge in [0.2, 0.25) is 17.8 Å². The number of para-hydroxylation sites is 1. The highest BCUT2D eigenvalue weighted by Crippen LogP contribution is 2.46. The molecule has 0 radical (unpaired) electrons. The molecule has 62 heavy (non-hydrogen) atoms. The van der Waals surface area contributed by atoms with Gasteiger partial charge in [0.1, 0.15) is 6.04 Å². The van der Waals surface area contributed by atoms with Gasteiger partial charge in [-0.05, 0) is 122 Å². The van der Waals surface area contributed by atoms with E-state index in [1.807, 2.05) is 12.1 Å². The molecule has 4 fully saturated rings. The zero-order valence-electron chi connectivity index (χ0n) is 33.7. The maximum atomic E-state index is 14.7. The van der Waals surface area contributed by atoms with Crippen LogP contribution in [0, 0.1) is 23.6 Å². The van der Waals surface area contributed by atoms with Crippen LogP contribution in [0.2, 0.25) is 5.02 Å². The summed E-state index contributed by atoms with van der Waals surface area (Å²) in [4.78, 5) is 62.8. The maximum Gasteiger partial charge on any atom is 0.255 e. The van der Waals surface area contributed by atoms with Crippen LogP contribution in [0.25, 0.3) is 0 Å². The Kier molecular flexibility index (Phi) is 11.7. The third-order valence-electron chi connectivity index (χ3n) is 12.2. The van der Waals surface area contributed by atoms with E-state index in [2.05, 4.69) is 63.8 Å². The van der Waals surface area contributed by atoms with E-state index in [4.69, 9.17) is 11.6 Å². The van der Waals surface area contributed by atoms with Crippen LogP contribution in [-0.4, -0.2) is 83.3 Å². The van der Waals surface area contributed by atoms with Crippen molar-refractivity contribution in [3.8, 4) is 0 Å². The van der Waals surface area contributed by atoms with Gasteiger partial charge in [-0.15, -0.1) is 0 Å². The molecule has 4 heterocycles. The number of hydrogen-bond acceptors (Lipinski definition) is 11. The molecule has 4 aromatic carbocycles. The third kappa shape index (κ3) is 9.48. The van der Waals surface area contributed by atoms with E-state index in [0.717, 1.165) is 57.4 Å². The van der Waals surface area contributed by atoms with E-state index in [-0.39, 0.29) is 41.4 Å². The summed E-state index contributed by atoms with van der Waals surface area (Å²) in [5, 5.41) is 18.1. The van der Waals surface area contributed by atoms with Gasteiger partial charge in [-0.1, -0.05) is 23.7 Å². The number of carbonyl (C=O) groups excluding carboxylic acids is 4. The lowest BCUT2D eigenvalue weighted by Crippen LogP contribution is -2.47. The fourth-order valence-electron chi connectivity index (χ4n) is 8.70. The van der Waals surface area contributed by atoms with Crippen LogP contribution in [0.15, 0.2) is 103 Å². The van der Waals surface area contributed by atoms with Crippen molar-refractivity contribution in [3.63, 3.8) is 0 Å². The monoisotopic (exact) mass is 856 g/mol. The van der Waals surface area contributed by atoms with Crippen LogP contribution < -0.4 is 36.8 Å². The van der Waals surface area contributed by atoms with Crippen molar-refractivity contribution in [1.82, 2.24) is 25.5 Å². The van der Waals surface area contributed by atoms with Crippen LogP contribution in [0.3, 0.4) is 0 Å². The number of nitrogens with zero attached hydrogens (tertiary/aromatic N) is 4. The van der Waals surface area contributed by atoms with Crippen molar-refractivity contribution in [2.45, 2.75) is 37.8 Å². The minimum Gasteiger partial charge on any atom is -0.374 e. The minimum absolute atomic E-state index is 0.0482. The Balaban J connectivity index is 0.693. The summed E-state index contributed by atoms with van der Waals surface area (Å²) < 4.78 is 14.7. The van der Waals surface area contributed by atoms with Gasteiger partial charge in [0.05, 0.1) is 16.9 Å². The van der Waals surface area contributed by atoms with Gasteiger partial charge in [0.15, 0.2) is 11.6 Å². The highest BCUT2D eigenvalue weighted by atomic mass is 35.5. The lowest BCUT2D eigenvalue weighted by Gasteiger charge is -2.35. The fourth-order valence-corrected chi connectivity index (χ4v) is 8.88. The van der Waals surface area contributed by atoms with Crippen molar-refractivity contribution < 1.29 is 23.6 Å². The first-order valence-electron chi connectivity index (χ1n) is 20.9. The van der Waals surface area contributed by atoms with Crippen LogP contribution in [0.1, 0.15) is 46.4 Å². The highest BCUT2D eigenvalue weighted by molar-refractivity contribution is 6.33. The smallest absolute Gasteiger partial charge is 0.255 e. The Hall–Kier alpha value is -6.58. The first kappa shape index (κ1) is 40.8. The Bertz CT molecular complexity index is 2450. The predicted molar refractivity (Wildman–Crippen MR) is 237 cm³/mol. The molecule has 1 saturated carbocycles. The number of halogens is 2. The zero-order valence-corrected chi connectivity index (χ0v) is 34.5. The Morgan fingerprint density at radius 2 is 1.44 bits per heavy atom. The average molecular weight is 857 g/mol. The Morgan fingerprint density at radius 1 is 0.790 bits per heavy atom. The van der Waals surface area contributed by atoms with Gasteiger partial charge in [0.25, 0.3) is 11.8 Å². The van der Waals surface area contributed by atoms with E-state index >= 15 is 0 Å². The molecule has 14 nitrogen and oxygen atoms in total. The second-order valence-electron chi connectivity index (χ2n) is 16.4. The number of carbonyl (C=O) groups is 4. The molecule has 318 valence electrons. The second kappa shape index (κ2) is 17.8. The number of piperidine rings is 3. The molecule has 9 rings (SSSR count). The number of fused-ring (bicyclic) bond motifs is 1. The van der Waals surface area contributed by atoms with E-state index in [0.29, 0.717) is 63.8 Å². The van der Waals surface area contributed by atoms with Gasteiger partial charge in [0, 0.05) is 79.1 Å². The first-order chi connectivity index (χ1) is 30.1. The summed E-state index contributed by atoms with van der Waals surface area (Å²) in [5.74, 6) is 0.126. The standard InChI is InChI=1S/C46H46ClFN10O4/c47-36-3-1-2-4-38(36)53-43(60)28-5-9-31(10-6-28)51-42-37(48)23-49-46(56-42)52-32-11-7-29(8-12-32)44(61)55-41-34-25-57(26-35(34)41)24-27-19-21-58(22-20-27)33-15-13-30(14-16-33)50-39-17-18-40(59)54-45(39)62/h1-16,23,27,34-35,39,41,50H,17-22,24-26H2,(H,53,60)(H,55,61)(H,54,59,62)(H2,49,51,52,56)/t34-,35+,39?,41?.